The summed E-state index contributed by atoms with van der Waals surface area (Å²) in [6, 6.07) is 11.2. The Hall–Kier alpha value is -4.79. The van der Waals surface area contributed by atoms with Crippen molar-refractivity contribution in [2.45, 2.75) is 87.6 Å². The van der Waals surface area contributed by atoms with E-state index in [-0.39, 0.29) is 30.4 Å². The van der Waals surface area contributed by atoms with E-state index >= 15 is 0 Å². The monoisotopic (exact) mass is 679 g/mol. The fourth-order valence-electron chi connectivity index (χ4n) is 7.95. The van der Waals surface area contributed by atoms with Crippen molar-refractivity contribution in [3.05, 3.63) is 76.6 Å². The number of aliphatic hydroxyl groups is 2. The van der Waals surface area contributed by atoms with Gasteiger partial charge in [-0.2, -0.15) is 0 Å². The fraction of sp³-hybridized carbons (Fsp3) is 0.457. The molecule has 0 unspecified atom stereocenters. The van der Waals surface area contributed by atoms with Gasteiger partial charge in [0.05, 0.1) is 17.6 Å². The lowest BCUT2D eigenvalue weighted by molar-refractivity contribution is -0.193. The van der Waals surface area contributed by atoms with Gasteiger partial charge in [0.15, 0.2) is 6.10 Å². The van der Waals surface area contributed by atoms with E-state index in [0.717, 1.165) is 25.0 Å². The Morgan fingerprint density at radius 3 is 2.33 bits per heavy atom. The summed E-state index contributed by atoms with van der Waals surface area (Å²) in [6.07, 6.45) is -3.86. The number of rotatable bonds is 10. The number of hydrogen-bond donors (Lipinski definition) is 3. The molecule has 14 heteroatoms. The Balaban J connectivity index is 1.36. The van der Waals surface area contributed by atoms with Gasteiger partial charge < -0.3 is 43.9 Å². The van der Waals surface area contributed by atoms with Crippen LogP contribution < -0.4 is 4.74 Å². The van der Waals surface area contributed by atoms with E-state index in [1.807, 2.05) is 13.1 Å². The smallest absolute Gasteiger partial charge is 0.357 e. The van der Waals surface area contributed by atoms with Gasteiger partial charge in [0.2, 0.25) is 18.3 Å². The average Bonchev–Trinajstić information content (AvgIpc) is 3.40. The van der Waals surface area contributed by atoms with Crippen LogP contribution in [0.1, 0.15) is 61.5 Å². The highest BCUT2D eigenvalue weighted by molar-refractivity contribution is 5.90. The van der Waals surface area contributed by atoms with Gasteiger partial charge in [0.1, 0.15) is 11.5 Å². The van der Waals surface area contributed by atoms with Crippen LogP contribution in [0.5, 0.6) is 5.75 Å². The number of carboxylic acids is 1. The number of carbonyl (C=O) groups excluding carboxylic acids is 4. The second-order valence-electron chi connectivity index (χ2n) is 12.8. The summed E-state index contributed by atoms with van der Waals surface area (Å²) in [5.41, 5.74) is 0.0938. The Kier molecular flexibility index (Phi) is 8.98. The van der Waals surface area contributed by atoms with Crippen molar-refractivity contribution in [3.8, 4) is 5.75 Å². The molecule has 1 spiro atoms. The van der Waals surface area contributed by atoms with Crippen LogP contribution in [0.15, 0.2) is 54.3 Å². The molecule has 2 aliphatic carbocycles. The first kappa shape index (κ1) is 34.1. The minimum atomic E-state index is -2.27. The number of likely N-dealkylation sites (N-methyl/N-ethyl adjacent to an activating group) is 1. The van der Waals surface area contributed by atoms with Gasteiger partial charge in [-0.15, -0.1) is 0 Å². The number of carbonyl (C=O) groups is 5. The maximum Gasteiger partial charge on any atom is 0.357 e. The lowest BCUT2D eigenvalue weighted by Gasteiger charge is -2.56. The molecule has 2 aromatic carbocycles. The molecule has 1 saturated heterocycles. The zero-order chi connectivity index (χ0) is 35.2. The highest BCUT2D eigenvalue weighted by atomic mass is 16.6. The maximum atomic E-state index is 14.1. The van der Waals surface area contributed by atoms with Gasteiger partial charge in [0.25, 0.3) is 0 Å². The van der Waals surface area contributed by atoms with Gasteiger partial charge in [0, 0.05) is 43.0 Å². The van der Waals surface area contributed by atoms with Gasteiger partial charge in [-0.1, -0.05) is 42.5 Å². The van der Waals surface area contributed by atoms with E-state index in [1.165, 1.54) is 12.1 Å². The number of nitrogens with zero attached hydrogens (tertiary/aromatic N) is 1. The number of esters is 4. The van der Waals surface area contributed by atoms with E-state index in [0.29, 0.717) is 37.1 Å². The molecule has 49 heavy (non-hydrogen) atoms. The molecule has 14 nitrogen and oxygen atoms in total. The number of aliphatic hydroxyl groups excluding tert-OH is 1. The van der Waals surface area contributed by atoms with Gasteiger partial charge in [-0.05, 0) is 44.5 Å². The van der Waals surface area contributed by atoms with E-state index < -0.39 is 65.3 Å². The zero-order valence-electron chi connectivity index (χ0n) is 27.1. The van der Waals surface area contributed by atoms with Crippen LogP contribution in [0.4, 0.5) is 0 Å². The quantitative estimate of drug-likeness (QED) is 0.242. The number of likely N-dealkylation sites (tertiary alicyclic amines) is 1. The summed E-state index contributed by atoms with van der Waals surface area (Å²) in [7, 11) is 1.97. The number of ether oxygens (including phenoxy) is 5. The summed E-state index contributed by atoms with van der Waals surface area (Å²) < 4.78 is 27.7. The maximum absolute atomic E-state index is 14.1. The third-order valence-electron chi connectivity index (χ3n) is 9.95. The highest BCUT2D eigenvalue weighted by Crippen LogP contribution is 2.64. The molecule has 1 fully saturated rings. The summed E-state index contributed by atoms with van der Waals surface area (Å²) in [4.78, 5) is 65.1. The Labute approximate surface area is 281 Å². The first-order valence-corrected chi connectivity index (χ1v) is 15.9. The van der Waals surface area contributed by atoms with Crippen LogP contribution in [0.3, 0.4) is 0 Å². The fourth-order valence-corrected chi connectivity index (χ4v) is 7.95. The van der Waals surface area contributed by atoms with Crippen LogP contribution in [-0.4, -0.2) is 93.6 Å². The second kappa shape index (κ2) is 12.9. The number of aliphatic carboxylic acids is 1. The van der Waals surface area contributed by atoms with Crippen molar-refractivity contribution in [2.75, 3.05) is 13.6 Å². The lowest BCUT2D eigenvalue weighted by atomic mass is 9.52. The van der Waals surface area contributed by atoms with Gasteiger partial charge >= 0.3 is 29.8 Å². The van der Waals surface area contributed by atoms with Crippen molar-refractivity contribution < 1.29 is 63.0 Å². The summed E-state index contributed by atoms with van der Waals surface area (Å²) in [6.45, 7) is 2.23. The molecule has 4 aliphatic rings. The normalized spacial score (nSPS) is 26.8. The van der Waals surface area contributed by atoms with E-state index in [9.17, 15) is 39.3 Å². The predicted molar refractivity (Wildman–Crippen MR) is 166 cm³/mol. The minimum absolute atomic E-state index is 0.0720. The van der Waals surface area contributed by atoms with Crippen molar-refractivity contribution in [2.24, 2.45) is 0 Å². The average molecular weight is 680 g/mol. The Morgan fingerprint density at radius 2 is 1.67 bits per heavy atom. The van der Waals surface area contributed by atoms with Gasteiger partial charge in [-0.25, -0.2) is 14.4 Å². The molecule has 7 atom stereocenters. The molecule has 0 aromatic heterocycles. The van der Waals surface area contributed by atoms with Crippen LogP contribution in [0.25, 0.3) is 0 Å². The summed E-state index contributed by atoms with van der Waals surface area (Å²) in [5.74, 6) is -6.00. The molecule has 0 saturated carbocycles. The molecular formula is C35H37NO13. The van der Waals surface area contributed by atoms with Crippen LogP contribution in [-0.2, 0) is 61.4 Å². The minimum Gasteiger partial charge on any atom is -0.481 e. The largest absolute Gasteiger partial charge is 0.481 e. The molecule has 0 radical (unpaired) electrons. The van der Waals surface area contributed by atoms with E-state index in [2.05, 4.69) is 4.90 Å². The third-order valence-corrected chi connectivity index (χ3v) is 9.95. The Bertz CT molecular complexity index is 1720. The molecule has 2 bridgehead atoms. The van der Waals surface area contributed by atoms with Crippen LogP contribution in [0.2, 0.25) is 0 Å². The predicted octanol–water partition coefficient (Wildman–Crippen LogP) is 1.62. The summed E-state index contributed by atoms with van der Waals surface area (Å²) in [5, 5.41) is 32.5. The topological polar surface area (TPSA) is 195 Å². The van der Waals surface area contributed by atoms with E-state index in [4.69, 9.17) is 23.7 Å². The second-order valence-corrected chi connectivity index (χ2v) is 12.8. The molecule has 2 aromatic rings. The van der Waals surface area contributed by atoms with Crippen molar-refractivity contribution >= 4 is 29.8 Å². The van der Waals surface area contributed by atoms with Crippen LogP contribution in [0, 0.1) is 0 Å². The SMILES string of the molecule is CC(=O)O[C@@H](C(=O)O)[C@@H](OC(C)=O)C(=O)O[C@H](C(=O)OC1=CC[C@@]2(O)[C@H]3Cc4ccc(CO)c5c4[C@@]2(CCCN3C)[C@H]1O5)c1ccccc1. The van der Waals surface area contributed by atoms with Crippen molar-refractivity contribution in [1.82, 2.24) is 4.90 Å². The molecule has 3 N–H and O–H groups in total. The zero-order valence-corrected chi connectivity index (χ0v) is 27.1. The number of benzene rings is 2. The molecule has 6 rings (SSSR count). The van der Waals surface area contributed by atoms with Crippen molar-refractivity contribution in [3.63, 3.8) is 0 Å². The first-order valence-electron chi connectivity index (χ1n) is 15.9. The van der Waals surface area contributed by atoms with Crippen LogP contribution >= 0.6 is 0 Å². The molecule has 260 valence electrons. The molecule has 2 heterocycles. The number of hydrogen-bond acceptors (Lipinski definition) is 13. The summed E-state index contributed by atoms with van der Waals surface area (Å²) >= 11 is 0. The third kappa shape index (κ3) is 5.63. The van der Waals surface area contributed by atoms with E-state index in [1.54, 1.807) is 30.3 Å². The van der Waals surface area contributed by atoms with Gasteiger partial charge in [-0.3, -0.25) is 9.59 Å². The lowest BCUT2D eigenvalue weighted by Crippen LogP contribution is -2.69. The molecular weight excluding hydrogens is 642 g/mol. The highest BCUT2D eigenvalue weighted by Gasteiger charge is 2.71. The Morgan fingerprint density at radius 1 is 0.980 bits per heavy atom. The standard InChI is InChI=1S/C35H37NO13/c1-18(38)45-28(31(40)41)29(46-19(2)39)33(43)49-27(20-8-5-4-6-9-20)32(42)47-23-12-14-35(44)24-16-21-10-11-22(17-37)26-25(21)34(35,30(23)48-26)13-7-15-36(24)3/h4-6,8-12,24,27-30,37,44H,7,13-17H2,1-3H3,(H,40,41)/t24-,27+,28-,29-,30+,34+,35-/m1/s1. The van der Waals surface area contributed by atoms with Crippen molar-refractivity contribution in [1.29, 1.82) is 0 Å². The first-order chi connectivity index (χ1) is 23.3. The number of carboxylic acid groups (broad SMARTS) is 1. The molecule has 0 amide bonds. The molecule has 2 aliphatic heterocycles.